The van der Waals surface area contributed by atoms with Crippen LogP contribution in [0.3, 0.4) is 0 Å². The van der Waals surface area contributed by atoms with Gasteiger partial charge in [0.15, 0.2) is 6.10 Å². The topological polar surface area (TPSA) is 98.1 Å². The molecular weight excluding hydrogens is 259 g/mol. The summed E-state index contributed by atoms with van der Waals surface area (Å²) in [6, 6.07) is -2.61. The van der Waals surface area contributed by atoms with Gasteiger partial charge in [0.2, 0.25) is 0 Å². The number of aliphatic hydroxyl groups excluding tert-OH is 1. The van der Waals surface area contributed by atoms with Crippen LogP contribution in [0.1, 0.15) is 12.8 Å². The van der Waals surface area contributed by atoms with Crippen LogP contribution in [-0.4, -0.2) is 56.6 Å². The number of amides is 1. The predicted molar refractivity (Wildman–Crippen MR) is 48.8 cm³/mol. The molecule has 0 aromatic heterocycles. The average Bonchev–Trinajstić information content (AvgIpc) is 2.82. The zero-order valence-electron chi connectivity index (χ0n) is 8.89. The molecule has 0 unspecified atom stereocenters. The molecule has 1 heterocycles. The van der Waals surface area contributed by atoms with Crippen LogP contribution in [0.4, 0.5) is 18.0 Å². The predicted octanol–water partition coefficient (Wildman–Crippen LogP) is 0.505. The van der Waals surface area contributed by atoms with Gasteiger partial charge in [-0.25, -0.2) is 9.59 Å². The number of hydrogen-bond donors (Lipinski definition) is 3. The number of fused-ring (bicyclic) bond motifs is 1. The van der Waals surface area contributed by atoms with Crippen molar-refractivity contribution in [1.82, 2.24) is 4.90 Å². The summed E-state index contributed by atoms with van der Waals surface area (Å²) in [7, 11) is 0. The maximum Gasteiger partial charge on any atom is 0.414 e. The Balaban J connectivity index is 2.27. The van der Waals surface area contributed by atoms with Crippen LogP contribution in [0.15, 0.2) is 0 Å². The molecule has 0 bridgehead atoms. The van der Waals surface area contributed by atoms with E-state index in [0.717, 1.165) is 0 Å². The Morgan fingerprint density at radius 1 is 1.28 bits per heavy atom. The molecule has 1 saturated heterocycles. The SMILES string of the molecule is O=C(O)[C@@H]1C[C@]2([C@@H](O)C(F)(F)F)C[C@@H]2N1C(=O)O. The number of carboxylic acid groups (broad SMARTS) is 2. The van der Waals surface area contributed by atoms with E-state index < -0.39 is 48.3 Å². The van der Waals surface area contributed by atoms with Crippen molar-refractivity contribution in [1.29, 1.82) is 0 Å². The minimum absolute atomic E-state index is 0.163. The molecule has 6 nitrogen and oxygen atoms in total. The van der Waals surface area contributed by atoms with Crippen LogP contribution in [0.25, 0.3) is 0 Å². The van der Waals surface area contributed by atoms with Crippen LogP contribution in [0.5, 0.6) is 0 Å². The summed E-state index contributed by atoms with van der Waals surface area (Å²) in [5.41, 5.74) is -1.69. The number of nitrogens with zero attached hydrogens (tertiary/aromatic N) is 1. The van der Waals surface area contributed by atoms with E-state index in [1.165, 1.54) is 0 Å². The summed E-state index contributed by atoms with van der Waals surface area (Å²) in [6.07, 6.45) is -9.84. The highest BCUT2D eigenvalue weighted by Crippen LogP contribution is 2.63. The molecular formula is C9H10F3NO5. The second kappa shape index (κ2) is 3.50. The smallest absolute Gasteiger partial charge is 0.414 e. The summed E-state index contributed by atoms with van der Waals surface area (Å²) in [6.45, 7) is 0. The summed E-state index contributed by atoms with van der Waals surface area (Å²) in [4.78, 5) is 22.2. The van der Waals surface area contributed by atoms with Crippen molar-refractivity contribution in [2.24, 2.45) is 5.41 Å². The molecule has 3 N–H and O–H groups in total. The molecule has 0 aromatic carbocycles. The highest BCUT2D eigenvalue weighted by molar-refractivity contribution is 5.81. The minimum Gasteiger partial charge on any atom is -0.480 e. The summed E-state index contributed by atoms with van der Waals surface area (Å²) >= 11 is 0. The summed E-state index contributed by atoms with van der Waals surface area (Å²) < 4.78 is 37.4. The van der Waals surface area contributed by atoms with Crippen LogP contribution >= 0.6 is 0 Å². The van der Waals surface area contributed by atoms with Crippen LogP contribution < -0.4 is 0 Å². The second-order valence-electron chi connectivity index (χ2n) is 4.65. The number of aliphatic carboxylic acids is 1. The van der Waals surface area contributed by atoms with E-state index in [4.69, 9.17) is 10.2 Å². The van der Waals surface area contributed by atoms with Crippen molar-refractivity contribution in [3.8, 4) is 0 Å². The molecule has 0 radical (unpaired) electrons. The third-order valence-electron chi connectivity index (χ3n) is 3.68. The maximum atomic E-state index is 12.5. The first-order valence-electron chi connectivity index (χ1n) is 5.10. The number of halogens is 3. The summed E-state index contributed by atoms with van der Waals surface area (Å²) in [5.74, 6) is -1.50. The number of piperidine rings is 1. The molecule has 1 amide bonds. The second-order valence-corrected chi connectivity index (χ2v) is 4.65. The fourth-order valence-electron chi connectivity index (χ4n) is 2.78. The van der Waals surface area contributed by atoms with Gasteiger partial charge in [-0.05, 0) is 12.8 Å². The Labute approximate surface area is 98.6 Å². The van der Waals surface area contributed by atoms with Gasteiger partial charge < -0.3 is 15.3 Å². The molecule has 2 rings (SSSR count). The van der Waals surface area contributed by atoms with Crippen LogP contribution in [-0.2, 0) is 4.79 Å². The number of alkyl halides is 3. The normalized spacial score (nSPS) is 36.1. The summed E-state index contributed by atoms with van der Waals surface area (Å²) in [5, 5.41) is 26.9. The molecule has 1 saturated carbocycles. The Morgan fingerprint density at radius 3 is 2.17 bits per heavy atom. The minimum atomic E-state index is -4.88. The number of aliphatic hydroxyl groups is 1. The van der Waals surface area contributed by atoms with Gasteiger partial charge in [0.05, 0.1) is 0 Å². The van der Waals surface area contributed by atoms with Crippen molar-refractivity contribution in [2.75, 3.05) is 0 Å². The molecule has 0 aromatic rings. The van der Waals surface area contributed by atoms with Crippen molar-refractivity contribution >= 4 is 12.1 Å². The molecule has 1 aliphatic heterocycles. The standard InChI is InChI=1S/C9H10F3NO5/c10-9(11,12)6(16)8-1-3(5(14)15)13(7(17)18)4(8)2-8/h3-4,6,16H,1-2H2,(H,14,15)(H,17,18)/t3-,4-,6+,8-/m0/s1. The van der Waals surface area contributed by atoms with Gasteiger partial charge in [0.25, 0.3) is 0 Å². The lowest BCUT2D eigenvalue weighted by Crippen LogP contribution is -2.42. The van der Waals surface area contributed by atoms with Crippen LogP contribution in [0.2, 0.25) is 0 Å². The first-order valence-corrected chi connectivity index (χ1v) is 5.10. The molecule has 18 heavy (non-hydrogen) atoms. The third kappa shape index (κ3) is 1.61. The average molecular weight is 269 g/mol. The van der Waals surface area contributed by atoms with Gasteiger partial charge in [0, 0.05) is 11.5 Å². The Bertz CT molecular complexity index is 411. The lowest BCUT2D eigenvalue weighted by molar-refractivity contribution is -0.224. The number of rotatable bonds is 2. The molecule has 9 heteroatoms. The zero-order chi connectivity index (χ0) is 13.9. The molecule has 1 aliphatic carbocycles. The highest BCUT2D eigenvalue weighted by Gasteiger charge is 2.74. The van der Waals surface area contributed by atoms with Gasteiger partial charge in [-0.1, -0.05) is 0 Å². The Hall–Kier alpha value is -1.51. The zero-order valence-corrected chi connectivity index (χ0v) is 8.89. The van der Waals surface area contributed by atoms with E-state index >= 15 is 0 Å². The molecule has 102 valence electrons. The van der Waals surface area contributed by atoms with E-state index in [0.29, 0.717) is 4.90 Å². The Kier molecular flexibility index (Phi) is 2.51. The van der Waals surface area contributed by atoms with Crippen molar-refractivity contribution in [3.63, 3.8) is 0 Å². The van der Waals surface area contributed by atoms with E-state index in [-0.39, 0.29) is 6.42 Å². The maximum absolute atomic E-state index is 12.5. The van der Waals surface area contributed by atoms with E-state index in [1.54, 1.807) is 0 Å². The highest BCUT2D eigenvalue weighted by atomic mass is 19.4. The van der Waals surface area contributed by atoms with Gasteiger partial charge in [-0.3, -0.25) is 4.90 Å². The number of carboxylic acids is 1. The number of likely N-dealkylation sites (tertiary alicyclic amines) is 1. The van der Waals surface area contributed by atoms with Gasteiger partial charge in [0.1, 0.15) is 6.04 Å². The lowest BCUT2D eigenvalue weighted by atomic mass is 9.92. The van der Waals surface area contributed by atoms with Gasteiger partial charge in [-0.15, -0.1) is 0 Å². The van der Waals surface area contributed by atoms with E-state index in [2.05, 4.69) is 0 Å². The fourth-order valence-corrected chi connectivity index (χ4v) is 2.78. The van der Waals surface area contributed by atoms with Gasteiger partial charge in [-0.2, -0.15) is 13.2 Å². The Morgan fingerprint density at radius 2 is 1.83 bits per heavy atom. The molecule has 2 fully saturated rings. The molecule has 2 aliphatic rings. The molecule has 4 atom stereocenters. The largest absolute Gasteiger partial charge is 0.480 e. The fraction of sp³-hybridized carbons (Fsp3) is 0.778. The molecule has 0 spiro atoms. The lowest BCUT2D eigenvalue weighted by Gasteiger charge is -2.22. The third-order valence-corrected chi connectivity index (χ3v) is 3.68. The van der Waals surface area contributed by atoms with E-state index in [1.807, 2.05) is 0 Å². The first-order chi connectivity index (χ1) is 8.11. The number of hydrogen-bond acceptors (Lipinski definition) is 3. The van der Waals surface area contributed by atoms with Crippen molar-refractivity contribution in [3.05, 3.63) is 0 Å². The van der Waals surface area contributed by atoms with Crippen molar-refractivity contribution < 1.29 is 38.1 Å². The number of carbonyl (C=O) groups is 2. The monoisotopic (exact) mass is 269 g/mol. The van der Waals surface area contributed by atoms with E-state index in [9.17, 15) is 27.9 Å². The van der Waals surface area contributed by atoms with Gasteiger partial charge >= 0.3 is 18.2 Å². The quantitative estimate of drug-likeness (QED) is 0.678. The van der Waals surface area contributed by atoms with Crippen LogP contribution in [0, 0.1) is 5.41 Å². The first kappa shape index (κ1) is 12.9. The van der Waals surface area contributed by atoms with Crippen molar-refractivity contribution in [2.45, 2.75) is 37.2 Å².